The van der Waals surface area contributed by atoms with Crippen molar-refractivity contribution in [3.63, 3.8) is 0 Å². The molecule has 8 nitrogen and oxygen atoms in total. The molecule has 0 saturated carbocycles. The normalized spacial score (nSPS) is 11.7. The third-order valence-electron chi connectivity index (χ3n) is 6.34. The maximum absolute atomic E-state index is 11.1. The molecule has 0 unspecified atom stereocenters. The molecule has 0 saturated heterocycles. The second-order valence-corrected chi connectivity index (χ2v) is 15.7. The van der Waals surface area contributed by atoms with Crippen LogP contribution in [0.3, 0.4) is 0 Å². The number of quaternary nitrogens is 4. The van der Waals surface area contributed by atoms with Gasteiger partial charge in [0.15, 0.2) is 0 Å². The first-order valence-electron chi connectivity index (χ1n) is 14.4. The highest BCUT2D eigenvalue weighted by Gasteiger charge is 2.23. The molecule has 2 N–H and O–H groups in total. The molecule has 0 fully saturated rings. The Labute approximate surface area is 346 Å². The van der Waals surface area contributed by atoms with Gasteiger partial charge in [-0.3, -0.25) is 0 Å². The maximum atomic E-state index is 11.1. The largest absolute Gasteiger partial charge is 1.00 e. The van der Waals surface area contributed by atoms with Gasteiger partial charge in [0.05, 0.1) is 107 Å². The summed E-state index contributed by atoms with van der Waals surface area (Å²) in [6.45, 7) is 2.68. The van der Waals surface area contributed by atoms with Gasteiger partial charge in [0.2, 0.25) is 0 Å². The van der Waals surface area contributed by atoms with Crippen LogP contribution in [0.15, 0.2) is 48.5 Å². The zero-order valence-corrected chi connectivity index (χ0v) is 38.1. The van der Waals surface area contributed by atoms with E-state index in [-0.39, 0.29) is 95.9 Å². The molecule has 262 valence electrons. The van der Waals surface area contributed by atoms with E-state index in [9.17, 15) is 10.2 Å². The summed E-state index contributed by atoms with van der Waals surface area (Å²) in [7, 11) is 25.3. The van der Waals surface area contributed by atoms with Gasteiger partial charge in [-0.25, -0.2) is 0 Å². The smallest absolute Gasteiger partial charge is 0.133 e. The Morgan fingerprint density at radius 1 is 0.413 bits per heavy atom. The Morgan fingerprint density at radius 3 is 0.870 bits per heavy atom. The molecule has 3 rings (SSSR count). The summed E-state index contributed by atoms with van der Waals surface area (Å²) in [5.41, 5.74) is 3.42. The Bertz CT molecular complexity index is 1230. The molecule has 0 heterocycles. The van der Waals surface area contributed by atoms with E-state index in [0.29, 0.717) is 78.6 Å². The molecule has 0 bridgehead atoms. The molecular formula is C34H54I4N4O4. The van der Waals surface area contributed by atoms with Crippen LogP contribution >= 0.6 is 0 Å². The SMILES string of the molecule is C[N+](C)(C)Cc1cc(Oc2cccc(Oc3cc(C[N+](C)(C)C)c(O)c(C[N+](C)(C)C)c3)c2)cc(C[N+](C)(C)C)c1O.[I-].[I-].[I-].[I-]. The summed E-state index contributed by atoms with van der Waals surface area (Å²) < 4.78 is 15.5. The molecule has 0 aliphatic heterocycles. The number of aromatic hydroxyl groups is 2. The number of nitrogens with zero attached hydrogens (tertiary/aromatic N) is 4. The molecular weight excluding hydrogens is 1040 g/mol. The number of benzene rings is 3. The predicted octanol–water partition coefficient (Wildman–Crippen LogP) is -6.48. The minimum absolute atomic E-state index is 0. The van der Waals surface area contributed by atoms with Gasteiger partial charge in [-0.05, 0) is 36.4 Å². The van der Waals surface area contributed by atoms with Crippen LogP contribution in [0.25, 0.3) is 0 Å². The standard InChI is InChI=1S/C34H52N4O4.4HI/c1-35(2,3)21-25-16-31(17-26(33(25)39)22-36(4,5)6)41-29-14-13-15-30(20-29)42-32-18-27(23-37(7,8)9)34(40)28(19-32)24-38(10,11)12;;;;/h13-20H,21-24H2,1-12H3;4*1H/q+2;;;;/p-2. The first-order valence-corrected chi connectivity index (χ1v) is 14.4. The van der Waals surface area contributed by atoms with E-state index in [1.165, 1.54) is 0 Å². The van der Waals surface area contributed by atoms with Crippen molar-refractivity contribution in [2.75, 3.05) is 84.6 Å². The monoisotopic (exact) mass is 1090 g/mol. The highest BCUT2D eigenvalue weighted by atomic mass is 127. The average Bonchev–Trinajstić information content (AvgIpc) is 2.76. The third-order valence-corrected chi connectivity index (χ3v) is 6.34. The quantitative estimate of drug-likeness (QED) is 0.140. The Morgan fingerprint density at radius 2 is 0.652 bits per heavy atom. The van der Waals surface area contributed by atoms with E-state index >= 15 is 0 Å². The number of phenolic OH excluding ortho intramolecular Hbond substituents is 2. The molecule has 0 amide bonds. The minimum Gasteiger partial charge on any atom is -1.00 e. The molecule has 0 aromatic heterocycles. The van der Waals surface area contributed by atoms with E-state index in [2.05, 4.69) is 84.6 Å². The van der Waals surface area contributed by atoms with Crippen molar-refractivity contribution >= 4 is 0 Å². The van der Waals surface area contributed by atoms with E-state index < -0.39 is 0 Å². The van der Waals surface area contributed by atoms with Crippen LogP contribution in [0, 0.1) is 0 Å². The Balaban J connectivity index is 0. The summed E-state index contributed by atoms with van der Waals surface area (Å²) in [6.07, 6.45) is 0. The maximum Gasteiger partial charge on any atom is 0.133 e. The summed E-state index contributed by atoms with van der Waals surface area (Å²) in [5, 5.41) is 22.2. The first-order chi connectivity index (χ1) is 19.1. The lowest BCUT2D eigenvalue weighted by Gasteiger charge is -2.27. The summed E-state index contributed by atoms with van der Waals surface area (Å²) in [4.78, 5) is 0. The number of halogens is 4. The zero-order valence-electron chi connectivity index (χ0n) is 29.5. The fourth-order valence-electron chi connectivity index (χ4n) is 4.97. The lowest BCUT2D eigenvalue weighted by Crippen LogP contribution is -3.00. The number of rotatable bonds is 12. The highest BCUT2D eigenvalue weighted by molar-refractivity contribution is 5.49. The Hall–Kier alpha value is -0.380. The summed E-state index contributed by atoms with van der Waals surface area (Å²) >= 11 is 0. The van der Waals surface area contributed by atoms with Crippen molar-refractivity contribution in [1.82, 2.24) is 0 Å². The number of ether oxygens (including phenoxy) is 2. The summed E-state index contributed by atoms with van der Waals surface area (Å²) in [5.74, 6) is 3.31. The topological polar surface area (TPSA) is 58.9 Å². The van der Waals surface area contributed by atoms with Crippen LogP contribution in [-0.4, -0.2) is 113 Å². The molecule has 0 aliphatic rings. The van der Waals surface area contributed by atoms with Crippen molar-refractivity contribution in [1.29, 1.82) is 0 Å². The van der Waals surface area contributed by atoms with Crippen LogP contribution in [-0.2, 0) is 26.2 Å². The number of hydrogen-bond acceptors (Lipinski definition) is 4. The van der Waals surface area contributed by atoms with Crippen molar-refractivity contribution in [2.45, 2.75) is 26.2 Å². The fraction of sp³-hybridized carbons (Fsp3) is 0.471. The zero-order chi connectivity index (χ0) is 31.7. The third kappa shape index (κ3) is 16.3. The Kier molecular flexibility index (Phi) is 19.3. The van der Waals surface area contributed by atoms with E-state index in [1.807, 2.05) is 48.5 Å². The van der Waals surface area contributed by atoms with Gasteiger partial charge in [0.1, 0.15) is 60.7 Å². The minimum atomic E-state index is 0. The van der Waals surface area contributed by atoms with Crippen LogP contribution in [0.2, 0.25) is 0 Å². The van der Waals surface area contributed by atoms with Crippen LogP contribution in [0.1, 0.15) is 22.3 Å². The second kappa shape index (κ2) is 18.6. The van der Waals surface area contributed by atoms with Gasteiger partial charge in [0.25, 0.3) is 0 Å². The van der Waals surface area contributed by atoms with Gasteiger partial charge < -0.3 is 134 Å². The van der Waals surface area contributed by atoms with Crippen LogP contribution < -0.4 is 105 Å². The lowest BCUT2D eigenvalue weighted by molar-refractivity contribution is -0.884. The van der Waals surface area contributed by atoms with Gasteiger partial charge in [-0.1, -0.05) is 6.07 Å². The molecule has 3 aromatic rings. The van der Waals surface area contributed by atoms with E-state index in [4.69, 9.17) is 9.47 Å². The average molecular weight is 1090 g/mol. The number of phenols is 2. The molecule has 0 spiro atoms. The molecule has 3 aromatic carbocycles. The fourth-order valence-corrected chi connectivity index (χ4v) is 4.97. The van der Waals surface area contributed by atoms with E-state index in [0.717, 1.165) is 22.3 Å². The second-order valence-electron chi connectivity index (χ2n) is 15.7. The highest BCUT2D eigenvalue weighted by Crippen LogP contribution is 2.37. The van der Waals surface area contributed by atoms with E-state index in [1.54, 1.807) is 0 Å². The number of hydrogen-bond donors (Lipinski definition) is 2. The first kappa shape index (κ1) is 47.7. The van der Waals surface area contributed by atoms with Gasteiger partial charge in [-0.15, -0.1) is 0 Å². The lowest BCUT2D eigenvalue weighted by atomic mass is 10.1. The molecule has 0 aliphatic carbocycles. The van der Waals surface area contributed by atoms with Crippen molar-refractivity contribution in [3.8, 4) is 34.5 Å². The molecule has 0 radical (unpaired) electrons. The van der Waals surface area contributed by atoms with Gasteiger partial charge in [0, 0.05) is 6.07 Å². The van der Waals surface area contributed by atoms with Crippen molar-refractivity contribution in [2.24, 2.45) is 0 Å². The molecule has 46 heavy (non-hydrogen) atoms. The molecule has 0 atom stereocenters. The van der Waals surface area contributed by atoms with Crippen LogP contribution in [0.4, 0.5) is 0 Å². The van der Waals surface area contributed by atoms with Crippen molar-refractivity contribution < 1.29 is 134 Å². The van der Waals surface area contributed by atoms with Crippen molar-refractivity contribution in [3.05, 3.63) is 70.8 Å². The summed E-state index contributed by atoms with van der Waals surface area (Å²) in [6, 6.07) is 15.3. The van der Waals surface area contributed by atoms with Crippen LogP contribution in [0.5, 0.6) is 34.5 Å². The van der Waals surface area contributed by atoms with Gasteiger partial charge in [-0.2, -0.15) is 0 Å². The molecule has 12 heteroatoms. The van der Waals surface area contributed by atoms with Gasteiger partial charge >= 0.3 is 0 Å². The predicted molar refractivity (Wildman–Crippen MR) is 170 cm³/mol.